The molecule has 0 unspecified atom stereocenters. The molecule has 1 aromatic rings. The minimum absolute atomic E-state index is 0.486. The molecule has 0 spiro atoms. The van der Waals surface area contributed by atoms with E-state index in [4.69, 9.17) is 0 Å². The molecule has 0 aromatic heterocycles. The highest BCUT2D eigenvalue weighted by atomic mass is 16.6. The van der Waals surface area contributed by atoms with Crippen molar-refractivity contribution in [2.45, 2.75) is 0 Å². The lowest BCUT2D eigenvalue weighted by Gasteiger charge is -2.12. The number of anilines is 1. The van der Waals surface area contributed by atoms with E-state index in [2.05, 4.69) is 0 Å². The summed E-state index contributed by atoms with van der Waals surface area (Å²) >= 11 is 0. The number of rotatable bonds is 4. The van der Waals surface area contributed by atoms with Gasteiger partial charge in [0.1, 0.15) is 0 Å². The van der Waals surface area contributed by atoms with Gasteiger partial charge in [-0.15, -0.1) is 0 Å². The first-order chi connectivity index (χ1) is 7.59. The Morgan fingerprint density at radius 2 is 2.06 bits per heavy atom. The summed E-state index contributed by atoms with van der Waals surface area (Å²) in [5.41, 5.74) is 2.11. The Kier molecular flexibility index (Phi) is 4.27. The molecule has 1 aromatic carbocycles. The summed E-state index contributed by atoms with van der Waals surface area (Å²) in [5.74, 6) is 0. The van der Waals surface area contributed by atoms with E-state index < -0.39 is 4.92 Å². The van der Waals surface area contributed by atoms with Crippen molar-refractivity contribution in [2.24, 2.45) is 0 Å². The molecular formula is C12H14N2O2. The molecule has 1 rings (SSSR count). The Balaban J connectivity index is 2.74. The minimum atomic E-state index is -0.486. The van der Waals surface area contributed by atoms with Crippen LogP contribution in [0.25, 0.3) is 6.08 Å². The van der Waals surface area contributed by atoms with Crippen LogP contribution in [0, 0.1) is 10.1 Å². The molecule has 0 atom stereocenters. The van der Waals surface area contributed by atoms with E-state index in [1.54, 1.807) is 6.08 Å². The van der Waals surface area contributed by atoms with Gasteiger partial charge in [-0.3, -0.25) is 10.1 Å². The highest BCUT2D eigenvalue weighted by Gasteiger charge is 1.94. The lowest BCUT2D eigenvalue weighted by molar-refractivity contribution is -0.402. The SMILES string of the molecule is CN(C)c1cccc(/C=C/C=C\[N+](=O)[O-])c1. The fourth-order valence-electron chi connectivity index (χ4n) is 1.19. The van der Waals surface area contributed by atoms with Gasteiger partial charge in [0.25, 0.3) is 0 Å². The molecule has 0 aliphatic carbocycles. The Labute approximate surface area is 94.7 Å². The monoisotopic (exact) mass is 218 g/mol. The average molecular weight is 218 g/mol. The second-order valence-electron chi connectivity index (χ2n) is 3.48. The predicted octanol–water partition coefficient (Wildman–Crippen LogP) is 2.56. The van der Waals surface area contributed by atoms with Gasteiger partial charge in [0.05, 0.1) is 4.92 Å². The van der Waals surface area contributed by atoms with Crippen LogP contribution >= 0.6 is 0 Å². The zero-order valence-electron chi connectivity index (χ0n) is 9.33. The fraction of sp³-hybridized carbons (Fsp3) is 0.167. The van der Waals surface area contributed by atoms with Crippen molar-refractivity contribution >= 4 is 11.8 Å². The summed E-state index contributed by atoms with van der Waals surface area (Å²) in [6.45, 7) is 0. The zero-order chi connectivity index (χ0) is 12.0. The van der Waals surface area contributed by atoms with Crippen molar-refractivity contribution in [1.82, 2.24) is 0 Å². The van der Waals surface area contributed by atoms with Crippen LogP contribution < -0.4 is 4.90 Å². The molecule has 0 radical (unpaired) electrons. The summed E-state index contributed by atoms with van der Waals surface area (Å²) in [4.78, 5) is 11.6. The summed E-state index contributed by atoms with van der Waals surface area (Å²) < 4.78 is 0. The summed E-state index contributed by atoms with van der Waals surface area (Å²) in [5, 5.41) is 10.0. The number of nitro groups is 1. The lowest BCUT2D eigenvalue weighted by atomic mass is 10.2. The Hall–Kier alpha value is -2.10. The fourth-order valence-corrected chi connectivity index (χ4v) is 1.19. The van der Waals surface area contributed by atoms with Crippen molar-refractivity contribution in [3.8, 4) is 0 Å². The maximum atomic E-state index is 10.0. The van der Waals surface area contributed by atoms with E-state index in [-0.39, 0.29) is 0 Å². The van der Waals surface area contributed by atoms with Gasteiger partial charge in [-0.05, 0) is 17.7 Å². The van der Waals surface area contributed by atoms with Crippen LogP contribution in [0.2, 0.25) is 0 Å². The maximum Gasteiger partial charge on any atom is 0.234 e. The van der Waals surface area contributed by atoms with Crippen LogP contribution in [0.4, 0.5) is 5.69 Å². The first kappa shape index (κ1) is 12.0. The summed E-state index contributed by atoms with van der Waals surface area (Å²) in [6.07, 6.45) is 5.79. The van der Waals surface area contributed by atoms with E-state index in [9.17, 15) is 10.1 Å². The van der Waals surface area contributed by atoms with E-state index in [0.29, 0.717) is 0 Å². The van der Waals surface area contributed by atoms with E-state index in [1.165, 1.54) is 6.08 Å². The topological polar surface area (TPSA) is 46.4 Å². The van der Waals surface area contributed by atoms with Gasteiger partial charge in [0.2, 0.25) is 6.20 Å². The van der Waals surface area contributed by atoms with Crippen molar-refractivity contribution in [3.05, 3.63) is 58.3 Å². The normalized spacial score (nSPS) is 11.1. The molecule has 0 N–H and O–H groups in total. The molecule has 84 valence electrons. The lowest BCUT2D eigenvalue weighted by Crippen LogP contribution is -2.08. The number of hydrogen-bond acceptors (Lipinski definition) is 3. The number of hydrogen-bond donors (Lipinski definition) is 0. The first-order valence-corrected chi connectivity index (χ1v) is 4.85. The molecule has 0 saturated carbocycles. The number of allylic oxidation sites excluding steroid dienone is 2. The first-order valence-electron chi connectivity index (χ1n) is 4.85. The van der Waals surface area contributed by atoms with Crippen LogP contribution in [0.1, 0.15) is 5.56 Å². The molecule has 0 fully saturated rings. The van der Waals surface area contributed by atoms with Crippen LogP contribution in [0.15, 0.2) is 42.6 Å². The Morgan fingerprint density at radius 3 is 2.69 bits per heavy atom. The molecular weight excluding hydrogens is 204 g/mol. The van der Waals surface area contributed by atoms with Crippen LogP contribution in [0.5, 0.6) is 0 Å². The van der Waals surface area contributed by atoms with Crippen molar-refractivity contribution < 1.29 is 4.92 Å². The predicted molar refractivity (Wildman–Crippen MR) is 65.9 cm³/mol. The second-order valence-corrected chi connectivity index (χ2v) is 3.48. The third kappa shape index (κ3) is 3.96. The van der Waals surface area contributed by atoms with E-state index in [0.717, 1.165) is 17.5 Å². The Bertz CT molecular complexity index is 423. The molecule has 0 bridgehead atoms. The molecule has 4 heteroatoms. The Morgan fingerprint density at radius 1 is 1.31 bits per heavy atom. The second kappa shape index (κ2) is 5.70. The average Bonchev–Trinajstić information content (AvgIpc) is 2.24. The van der Waals surface area contributed by atoms with Crippen molar-refractivity contribution in [2.75, 3.05) is 19.0 Å². The largest absolute Gasteiger partial charge is 0.378 e. The highest BCUT2D eigenvalue weighted by molar-refractivity contribution is 5.58. The van der Waals surface area contributed by atoms with E-state index in [1.807, 2.05) is 49.3 Å². The maximum absolute atomic E-state index is 10.0. The molecule has 0 saturated heterocycles. The summed E-state index contributed by atoms with van der Waals surface area (Å²) in [6, 6.07) is 7.91. The van der Waals surface area contributed by atoms with Gasteiger partial charge >= 0.3 is 0 Å². The number of benzene rings is 1. The van der Waals surface area contributed by atoms with Crippen LogP contribution in [0.3, 0.4) is 0 Å². The van der Waals surface area contributed by atoms with Crippen molar-refractivity contribution in [1.29, 1.82) is 0 Å². The standard InChI is InChI=1S/C12H14N2O2/c1-13(2)12-8-5-7-11(10-12)6-3-4-9-14(15)16/h3-10H,1-2H3/b6-3+,9-4-. The van der Waals surface area contributed by atoms with Crippen molar-refractivity contribution in [3.63, 3.8) is 0 Å². The van der Waals surface area contributed by atoms with Gasteiger partial charge in [-0.1, -0.05) is 24.3 Å². The molecule has 0 amide bonds. The van der Waals surface area contributed by atoms with E-state index >= 15 is 0 Å². The van der Waals surface area contributed by atoms with Gasteiger partial charge in [-0.25, -0.2) is 0 Å². The highest BCUT2D eigenvalue weighted by Crippen LogP contribution is 2.14. The molecule has 0 aliphatic rings. The third-order valence-electron chi connectivity index (χ3n) is 1.99. The number of nitrogens with zero attached hydrogens (tertiary/aromatic N) is 2. The third-order valence-corrected chi connectivity index (χ3v) is 1.99. The molecule has 16 heavy (non-hydrogen) atoms. The van der Waals surface area contributed by atoms with Gasteiger partial charge in [0.15, 0.2) is 0 Å². The van der Waals surface area contributed by atoms with Gasteiger partial charge < -0.3 is 4.90 Å². The van der Waals surface area contributed by atoms with Gasteiger partial charge in [-0.2, -0.15) is 0 Å². The minimum Gasteiger partial charge on any atom is -0.378 e. The smallest absolute Gasteiger partial charge is 0.234 e. The molecule has 4 nitrogen and oxygen atoms in total. The summed E-state index contributed by atoms with van der Waals surface area (Å²) in [7, 11) is 3.94. The van der Waals surface area contributed by atoms with Crippen LogP contribution in [-0.4, -0.2) is 19.0 Å². The van der Waals surface area contributed by atoms with Crippen LogP contribution in [-0.2, 0) is 0 Å². The molecule has 0 aliphatic heterocycles. The molecule has 0 heterocycles. The quantitative estimate of drug-likeness (QED) is 0.443. The zero-order valence-corrected chi connectivity index (χ0v) is 9.33. The van der Waals surface area contributed by atoms with Gasteiger partial charge in [0, 0.05) is 25.9 Å².